The summed E-state index contributed by atoms with van der Waals surface area (Å²) in [4.78, 5) is 13.3. The van der Waals surface area contributed by atoms with Gasteiger partial charge in [0, 0.05) is 30.3 Å². The van der Waals surface area contributed by atoms with Crippen molar-refractivity contribution in [1.29, 1.82) is 0 Å². The second-order valence-electron chi connectivity index (χ2n) is 5.98. The van der Waals surface area contributed by atoms with Crippen LogP contribution in [0.4, 0.5) is 11.5 Å². The molecule has 0 spiro atoms. The number of aromatic nitrogens is 2. The first kappa shape index (κ1) is 16.5. The summed E-state index contributed by atoms with van der Waals surface area (Å²) in [6.07, 6.45) is 2.27. The number of primary amides is 1. The van der Waals surface area contributed by atoms with Crippen LogP contribution in [0.1, 0.15) is 23.3 Å². The van der Waals surface area contributed by atoms with E-state index in [1.54, 1.807) is 6.07 Å². The quantitative estimate of drug-likeness (QED) is 0.870. The van der Waals surface area contributed by atoms with Gasteiger partial charge in [-0.3, -0.25) is 4.79 Å². The van der Waals surface area contributed by atoms with Crippen LogP contribution in [0.25, 0.3) is 0 Å². The molecule has 1 fully saturated rings. The SMILES string of the molecule is NC(=O)c1ccc(N2CCCC(CNc3ccc(Cl)cc3)C2)nn1. The van der Waals surface area contributed by atoms with Gasteiger partial charge in [-0.15, -0.1) is 10.2 Å². The Morgan fingerprint density at radius 1 is 1.25 bits per heavy atom. The second kappa shape index (κ2) is 7.49. The zero-order valence-electron chi connectivity index (χ0n) is 13.3. The molecular weight excluding hydrogens is 326 g/mol. The third-order valence-corrected chi connectivity index (χ3v) is 4.44. The Hall–Kier alpha value is -2.34. The van der Waals surface area contributed by atoms with Gasteiger partial charge in [-0.1, -0.05) is 11.6 Å². The lowest BCUT2D eigenvalue weighted by atomic mass is 9.98. The van der Waals surface area contributed by atoms with Gasteiger partial charge in [0.15, 0.2) is 11.5 Å². The van der Waals surface area contributed by atoms with E-state index in [9.17, 15) is 4.79 Å². The number of rotatable bonds is 5. The molecule has 1 aliphatic rings. The fourth-order valence-electron chi connectivity index (χ4n) is 2.89. The minimum atomic E-state index is -0.558. The van der Waals surface area contributed by atoms with Crippen molar-refractivity contribution in [3.8, 4) is 0 Å². The number of hydrogen-bond donors (Lipinski definition) is 2. The summed E-state index contributed by atoms with van der Waals surface area (Å²) < 4.78 is 0. The number of piperidine rings is 1. The Labute approximate surface area is 146 Å². The Morgan fingerprint density at radius 2 is 2.04 bits per heavy atom. The molecule has 1 amide bonds. The van der Waals surface area contributed by atoms with E-state index in [1.807, 2.05) is 30.3 Å². The molecule has 1 saturated heterocycles. The van der Waals surface area contributed by atoms with Crippen molar-refractivity contribution < 1.29 is 4.79 Å². The lowest BCUT2D eigenvalue weighted by molar-refractivity contribution is 0.0994. The Bertz CT molecular complexity index is 689. The van der Waals surface area contributed by atoms with E-state index in [0.29, 0.717) is 5.92 Å². The first-order valence-electron chi connectivity index (χ1n) is 8.00. The van der Waals surface area contributed by atoms with Gasteiger partial charge in [-0.25, -0.2) is 0 Å². The number of carbonyl (C=O) groups is 1. The number of amides is 1. The molecule has 0 aliphatic carbocycles. The topological polar surface area (TPSA) is 84.1 Å². The monoisotopic (exact) mass is 345 g/mol. The van der Waals surface area contributed by atoms with Crippen molar-refractivity contribution in [2.75, 3.05) is 29.9 Å². The summed E-state index contributed by atoms with van der Waals surface area (Å²) in [7, 11) is 0. The predicted octanol–water partition coefficient (Wildman–Crippen LogP) is 2.56. The highest BCUT2D eigenvalue weighted by Crippen LogP contribution is 2.22. The summed E-state index contributed by atoms with van der Waals surface area (Å²) in [5.41, 5.74) is 6.46. The number of benzene rings is 1. The molecule has 1 aromatic heterocycles. The van der Waals surface area contributed by atoms with Crippen molar-refractivity contribution >= 4 is 29.0 Å². The van der Waals surface area contributed by atoms with E-state index in [-0.39, 0.29) is 5.69 Å². The van der Waals surface area contributed by atoms with Crippen molar-refractivity contribution in [3.63, 3.8) is 0 Å². The number of hydrogen-bond acceptors (Lipinski definition) is 5. The smallest absolute Gasteiger partial charge is 0.269 e. The number of carbonyl (C=O) groups excluding carboxylic acids is 1. The summed E-state index contributed by atoms with van der Waals surface area (Å²) in [6.45, 7) is 2.75. The summed E-state index contributed by atoms with van der Waals surface area (Å²) in [6, 6.07) is 11.2. The molecule has 1 unspecified atom stereocenters. The van der Waals surface area contributed by atoms with Gasteiger partial charge in [0.05, 0.1) is 0 Å². The lowest BCUT2D eigenvalue weighted by Crippen LogP contribution is -2.38. The average molecular weight is 346 g/mol. The van der Waals surface area contributed by atoms with E-state index in [1.165, 1.54) is 6.42 Å². The maximum absolute atomic E-state index is 11.1. The standard InChI is InChI=1S/C17H20ClN5O/c18-13-3-5-14(6-4-13)20-10-12-2-1-9-23(11-12)16-8-7-15(17(19)24)21-22-16/h3-8,12,20H,1-2,9-11H2,(H2,19,24). The highest BCUT2D eigenvalue weighted by atomic mass is 35.5. The molecule has 1 aliphatic heterocycles. The Morgan fingerprint density at radius 3 is 2.71 bits per heavy atom. The third kappa shape index (κ3) is 4.14. The molecule has 126 valence electrons. The van der Waals surface area contributed by atoms with Crippen LogP contribution in [-0.4, -0.2) is 35.7 Å². The second-order valence-corrected chi connectivity index (χ2v) is 6.42. The Kier molecular flexibility index (Phi) is 5.15. The van der Waals surface area contributed by atoms with Crippen molar-refractivity contribution in [1.82, 2.24) is 10.2 Å². The molecule has 2 aromatic rings. The zero-order chi connectivity index (χ0) is 16.9. The van der Waals surface area contributed by atoms with Crippen molar-refractivity contribution in [3.05, 3.63) is 47.1 Å². The summed E-state index contributed by atoms with van der Waals surface area (Å²) >= 11 is 5.90. The maximum atomic E-state index is 11.1. The molecule has 0 saturated carbocycles. The molecule has 0 bridgehead atoms. The first-order valence-corrected chi connectivity index (χ1v) is 8.37. The van der Waals surface area contributed by atoms with Crippen LogP contribution in [0.3, 0.4) is 0 Å². The summed E-state index contributed by atoms with van der Waals surface area (Å²) in [5.74, 6) is 0.751. The van der Waals surface area contributed by atoms with Crippen LogP contribution in [-0.2, 0) is 0 Å². The molecule has 7 heteroatoms. The highest BCUT2D eigenvalue weighted by Gasteiger charge is 2.21. The average Bonchev–Trinajstić information content (AvgIpc) is 2.61. The fraction of sp³-hybridized carbons (Fsp3) is 0.353. The van der Waals surface area contributed by atoms with Crippen LogP contribution < -0.4 is 16.0 Å². The molecule has 3 N–H and O–H groups in total. The van der Waals surface area contributed by atoms with Gasteiger partial charge in [-0.05, 0) is 55.2 Å². The van der Waals surface area contributed by atoms with Gasteiger partial charge in [-0.2, -0.15) is 0 Å². The van der Waals surface area contributed by atoms with E-state index in [0.717, 1.165) is 42.6 Å². The van der Waals surface area contributed by atoms with Gasteiger partial charge < -0.3 is 16.0 Å². The van der Waals surface area contributed by atoms with Gasteiger partial charge >= 0.3 is 0 Å². The molecular formula is C17H20ClN5O. The molecule has 24 heavy (non-hydrogen) atoms. The number of anilines is 2. The largest absolute Gasteiger partial charge is 0.385 e. The van der Waals surface area contributed by atoms with Gasteiger partial charge in [0.25, 0.3) is 5.91 Å². The van der Waals surface area contributed by atoms with E-state index < -0.39 is 5.91 Å². The predicted molar refractivity (Wildman–Crippen MR) is 95.4 cm³/mol. The number of halogens is 1. The first-order chi connectivity index (χ1) is 11.6. The lowest BCUT2D eigenvalue weighted by Gasteiger charge is -2.33. The summed E-state index contributed by atoms with van der Waals surface area (Å²) in [5, 5.41) is 12.2. The molecule has 1 aromatic carbocycles. The van der Waals surface area contributed by atoms with Crippen LogP contribution >= 0.6 is 11.6 Å². The number of nitrogens with two attached hydrogens (primary N) is 1. The Balaban J connectivity index is 1.57. The number of nitrogens with zero attached hydrogens (tertiary/aromatic N) is 3. The minimum absolute atomic E-state index is 0.191. The zero-order valence-corrected chi connectivity index (χ0v) is 14.0. The van der Waals surface area contributed by atoms with E-state index >= 15 is 0 Å². The van der Waals surface area contributed by atoms with Crippen LogP contribution in [0.2, 0.25) is 5.02 Å². The van der Waals surface area contributed by atoms with E-state index in [4.69, 9.17) is 17.3 Å². The minimum Gasteiger partial charge on any atom is -0.385 e. The molecule has 3 rings (SSSR count). The molecule has 2 heterocycles. The highest BCUT2D eigenvalue weighted by molar-refractivity contribution is 6.30. The van der Waals surface area contributed by atoms with Crippen LogP contribution in [0, 0.1) is 5.92 Å². The molecule has 1 atom stereocenters. The number of nitrogens with one attached hydrogen (secondary N) is 1. The van der Waals surface area contributed by atoms with Gasteiger partial charge in [0.1, 0.15) is 0 Å². The van der Waals surface area contributed by atoms with Crippen molar-refractivity contribution in [2.45, 2.75) is 12.8 Å². The van der Waals surface area contributed by atoms with E-state index in [2.05, 4.69) is 20.4 Å². The van der Waals surface area contributed by atoms with Crippen LogP contribution in [0.5, 0.6) is 0 Å². The van der Waals surface area contributed by atoms with Gasteiger partial charge in [0.2, 0.25) is 0 Å². The molecule has 6 nitrogen and oxygen atoms in total. The fourth-order valence-corrected chi connectivity index (χ4v) is 3.02. The molecule has 0 radical (unpaired) electrons. The van der Waals surface area contributed by atoms with Crippen molar-refractivity contribution in [2.24, 2.45) is 11.7 Å². The normalized spacial score (nSPS) is 17.5. The maximum Gasteiger partial charge on any atom is 0.269 e. The van der Waals surface area contributed by atoms with Crippen LogP contribution in [0.15, 0.2) is 36.4 Å². The third-order valence-electron chi connectivity index (χ3n) is 4.18.